The molecule has 140 valence electrons. The molecular formula is C20H22F4N2. The van der Waals surface area contributed by atoms with Gasteiger partial charge in [-0.2, -0.15) is 13.2 Å². The van der Waals surface area contributed by atoms with Crippen LogP contribution in [0.2, 0.25) is 0 Å². The highest BCUT2D eigenvalue weighted by atomic mass is 19.4. The first kappa shape index (κ1) is 18.5. The average Bonchev–Trinajstić information content (AvgIpc) is 2.61. The zero-order valence-corrected chi connectivity index (χ0v) is 14.9. The third-order valence-corrected chi connectivity index (χ3v) is 4.82. The number of halogens is 4. The quantitative estimate of drug-likeness (QED) is 0.681. The molecule has 1 fully saturated rings. The Morgan fingerprint density at radius 2 is 1.42 bits per heavy atom. The number of hydrogen-bond acceptors (Lipinski definition) is 2. The molecule has 0 aliphatic carbocycles. The van der Waals surface area contributed by atoms with Crippen molar-refractivity contribution in [2.24, 2.45) is 0 Å². The maximum absolute atomic E-state index is 14.4. The molecule has 0 amide bonds. The third kappa shape index (κ3) is 3.94. The Kier molecular flexibility index (Phi) is 5.12. The molecule has 0 aromatic heterocycles. The topological polar surface area (TPSA) is 6.48 Å². The van der Waals surface area contributed by atoms with E-state index in [9.17, 15) is 17.6 Å². The Morgan fingerprint density at radius 3 is 1.92 bits per heavy atom. The second-order valence-corrected chi connectivity index (χ2v) is 6.88. The molecule has 0 atom stereocenters. The van der Waals surface area contributed by atoms with E-state index < -0.39 is 11.7 Å². The predicted molar refractivity (Wildman–Crippen MR) is 96.4 cm³/mol. The van der Waals surface area contributed by atoms with E-state index in [1.165, 1.54) is 12.1 Å². The molecule has 2 nitrogen and oxygen atoms in total. The van der Waals surface area contributed by atoms with Crippen LogP contribution in [0.3, 0.4) is 0 Å². The molecule has 3 rings (SSSR count). The van der Waals surface area contributed by atoms with Gasteiger partial charge in [0.15, 0.2) is 0 Å². The normalized spacial score (nSPS) is 15.7. The molecule has 0 unspecified atom stereocenters. The van der Waals surface area contributed by atoms with E-state index in [0.717, 1.165) is 23.4 Å². The fourth-order valence-corrected chi connectivity index (χ4v) is 3.21. The van der Waals surface area contributed by atoms with Gasteiger partial charge >= 0.3 is 6.18 Å². The van der Waals surface area contributed by atoms with Gasteiger partial charge in [-0.1, -0.05) is 19.9 Å². The molecule has 1 aliphatic heterocycles. The average molecular weight is 366 g/mol. The van der Waals surface area contributed by atoms with Crippen molar-refractivity contribution < 1.29 is 17.6 Å². The number of alkyl halides is 3. The highest BCUT2D eigenvalue weighted by molar-refractivity contribution is 5.54. The van der Waals surface area contributed by atoms with Gasteiger partial charge in [0.1, 0.15) is 5.82 Å². The van der Waals surface area contributed by atoms with Crippen molar-refractivity contribution in [3.05, 3.63) is 59.4 Å². The second kappa shape index (κ2) is 7.17. The van der Waals surface area contributed by atoms with Crippen LogP contribution in [0, 0.1) is 5.82 Å². The van der Waals surface area contributed by atoms with Gasteiger partial charge in [-0.15, -0.1) is 0 Å². The van der Waals surface area contributed by atoms with E-state index in [-0.39, 0.29) is 11.7 Å². The molecule has 0 N–H and O–H groups in total. The van der Waals surface area contributed by atoms with Crippen LogP contribution in [0.5, 0.6) is 0 Å². The first-order valence-electron chi connectivity index (χ1n) is 8.72. The minimum Gasteiger partial charge on any atom is -0.368 e. The van der Waals surface area contributed by atoms with Crippen LogP contribution in [-0.4, -0.2) is 26.2 Å². The Bertz CT molecular complexity index is 745. The maximum Gasteiger partial charge on any atom is 0.416 e. The standard InChI is InChI=1S/C20H22F4N2/c1-14(2)15-3-8-19(18(21)13-15)26-11-9-25(10-12-26)17-6-4-16(5-7-17)20(22,23)24/h3-8,13-14H,9-12H2,1-2H3. The van der Waals surface area contributed by atoms with Gasteiger partial charge in [-0.25, -0.2) is 4.39 Å². The highest BCUT2D eigenvalue weighted by Crippen LogP contribution is 2.31. The van der Waals surface area contributed by atoms with E-state index in [0.29, 0.717) is 31.9 Å². The summed E-state index contributed by atoms with van der Waals surface area (Å²) in [5.74, 6) is 0.0502. The minimum atomic E-state index is -4.32. The van der Waals surface area contributed by atoms with Gasteiger partial charge in [-0.05, 0) is 47.9 Å². The summed E-state index contributed by atoms with van der Waals surface area (Å²) in [5.41, 5.74) is 1.66. The zero-order chi connectivity index (χ0) is 18.9. The van der Waals surface area contributed by atoms with E-state index in [1.807, 2.05) is 35.8 Å². The summed E-state index contributed by atoms with van der Waals surface area (Å²) in [6.07, 6.45) is -4.32. The third-order valence-electron chi connectivity index (χ3n) is 4.82. The lowest BCUT2D eigenvalue weighted by atomic mass is 10.0. The van der Waals surface area contributed by atoms with E-state index in [4.69, 9.17) is 0 Å². The summed E-state index contributed by atoms with van der Waals surface area (Å²) in [7, 11) is 0. The SMILES string of the molecule is CC(C)c1ccc(N2CCN(c3ccc(C(F)(F)F)cc3)CC2)c(F)c1. The van der Waals surface area contributed by atoms with Crippen molar-refractivity contribution in [2.75, 3.05) is 36.0 Å². The van der Waals surface area contributed by atoms with Gasteiger partial charge in [0, 0.05) is 31.9 Å². The minimum absolute atomic E-state index is 0.223. The van der Waals surface area contributed by atoms with Crippen molar-refractivity contribution in [1.29, 1.82) is 0 Å². The first-order chi connectivity index (χ1) is 12.3. The molecule has 1 heterocycles. The number of hydrogen-bond donors (Lipinski definition) is 0. The number of nitrogens with zero attached hydrogens (tertiary/aromatic N) is 2. The highest BCUT2D eigenvalue weighted by Gasteiger charge is 2.30. The Hall–Kier alpha value is -2.24. The van der Waals surface area contributed by atoms with Gasteiger partial charge in [0.05, 0.1) is 11.3 Å². The largest absolute Gasteiger partial charge is 0.416 e. The molecular weight excluding hydrogens is 344 g/mol. The van der Waals surface area contributed by atoms with Crippen molar-refractivity contribution in [2.45, 2.75) is 25.9 Å². The molecule has 1 saturated heterocycles. The van der Waals surface area contributed by atoms with Crippen molar-refractivity contribution in [1.82, 2.24) is 0 Å². The number of piperazine rings is 1. The van der Waals surface area contributed by atoms with E-state index in [2.05, 4.69) is 0 Å². The first-order valence-corrected chi connectivity index (χ1v) is 8.72. The molecule has 26 heavy (non-hydrogen) atoms. The molecule has 0 saturated carbocycles. The van der Waals surface area contributed by atoms with Crippen LogP contribution < -0.4 is 9.80 Å². The summed E-state index contributed by atoms with van der Waals surface area (Å²) < 4.78 is 52.4. The van der Waals surface area contributed by atoms with Crippen LogP contribution in [0.1, 0.15) is 30.9 Å². The lowest BCUT2D eigenvalue weighted by Crippen LogP contribution is -2.46. The van der Waals surface area contributed by atoms with Crippen molar-refractivity contribution >= 4 is 11.4 Å². The van der Waals surface area contributed by atoms with Gasteiger partial charge < -0.3 is 9.80 Å². The lowest BCUT2D eigenvalue weighted by molar-refractivity contribution is -0.137. The fraction of sp³-hybridized carbons (Fsp3) is 0.400. The van der Waals surface area contributed by atoms with Crippen molar-refractivity contribution in [3.63, 3.8) is 0 Å². The van der Waals surface area contributed by atoms with Crippen LogP contribution >= 0.6 is 0 Å². The monoisotopic (exact) mass is 366 g/mol. The van der Waals surface area contributed by atoms with Crippen LogP contribution in [0.4, 0.5) is 28.9 Å². The smallest absolute Gasteiger partial charge is 0.368 e. The summed E-state index contributed by atoms with van der Waals surface area (Å²) in [6, 6.07) is 10.6. The number of rotatable bonds is 3. The summed E-state index contributed by atoms with van der Waals surface area (Å²) in [6.45, 7) is 6.57. The van der Waals surface area contributed by atoms with Gasteiger partial charge in [-0.3, -0.25) is 0 Å². The predicted octanol–water partition coefficient (Wildman–Crippen LogP) is 5.29. The molecule has 6 heteroatoms. The summed E-state index contributed by atoms with van der Waals surface area (Å²) >= 11 is 0. The van der Waals surface area contributed by atoms with Crippen LogP contribution in [0.15, 0.2) is 42.5 Å². The Labute approximate surface area is 151 Å². The number of anilines is 2. The second-order valence-electron chi connectivity index (χ2n) is 6.88. The lowest BCUT2D eigenvalue weighted by Gasteiger charge is -2.37. The molecule has 2 aromatic rings. The Balaban J connectivity index is 1.66. The van der Waals surface area contributed by atoms with E-state index >= 15 is 0 Å². The molecule has 0 spiro atoms. The summed E-state index contributed by atoms with van der Waals surface area (Å²) in [4.78, 5) is 4.01. The summed E-state index contributed by atoms with van der Waals surface area (Å²) in [5, 5.41) is 0. The number of benzene rings is 2. The molecule has 0 radical (unpaired) electrons. The van der Waals surface area contributed by atoms with Gasteiger partial charge in [0.2, 0.25) is 0 Å². The molecule has 1 aliphatic rings. The Morgan fingerprint density at radius 1 is 0.846 bits per heavy atom. The molecule has 0 bridgehead atoms. The maximum atomic E-state index is 14.4. The van der Waals surface area contributed by atoms with E-state index in [1.54, 1.807) is 6.07 Å². The fourth-order valence-electron chi connectivity index (χ4n) is 3.21. The van der Waals surface area contributed by atoms with Gasteiger partial charge in [0.25, 0.3) is 0 Å². The molecule has 2 aromatic carbocycles. The van der Waals surface area contributed by atoms with Crippen LogP contribution in [-0.2, 0) is 6.18 Å². The van der Waals surface area contributed by atoms with Crippen LogP contribution in [0.25, 0.3) is 0 Å². The van der Waals surface area contributed by atoms with Crippen molar-refractivity contribution in [3.8, 4) is 0 Å². The zero-order valence-electron chi connectivity index (χ0n) is 14.9.